The predicted molar refractivity (Wildman–Crippen MR) is 92.4 cm³/mol. The first-order chi connectivity index (χ1) is 11.1. The molecule has 3 nitrogen and oxygen atoms in total. The van der Waals surface area contributed by atoms with E-state index >= 15 is 0 Å². The lowest BCUT2D eigenvalue weighted by Gasteiger charge is -2.10. The average Bonchev–Trinajstić information content (AvgIpc) is 2.54. The number of rotatable bonds is 6. The summed E-state index contributed by atoms with van der Waals surface area (Å²) in [5, 5.41) is 0.357. The standard InChI is InChI=1S/C19H19ClO3/c1-3-22-19(21)12-18(20)17-10-9-16(11-14(17)2)23-13-15-7-5-4-6-8-15/h4-12H,3,13H2,1-2H3/b18-12-. The molecule has 23 heavy (non-hydrogen) atoms. The van der Waals surface area contributed by atoms with Gasteiger partial charge in [-0.2, -0.15) is 0 Å². The van der Waals surface area contributed by atoms with E-state index in [2.05, 4.69) is 0 Å². The van der Waals surface area contributed by atoms with Crippen LogP contribution in [0.1, 0.15) is 23.6 Å². The largest absolute Gasteiger partial charge is 0.489 e. The van der Waals surface area contributed by atoms with Gasteiger partial charge < -0.3 is 9.47 Å². The van der Waals surface area contributed by atoms with Gasteiger partial charge in [0.25, 0.3) is 0 Å². The van der Waals surface area contributed by atoms with Crippen LogP contribution in [0, 0.1) is 6.92 Å². The zero-order valence-corrected chi connectivity index (χ0v) is 14.0. The van der Waals surface area contributed by atoms with Crippen LogP contribution in [0.15, 0.2) is 54.6 Å². The number of hydrogen-bond acceptors (Lipinski definition) is 3. The molecule has 0 spiro atoms. The molecule has 0 N–H and O–H groups in total. The van der Waals surface area contributed by atoms with Crippen LogP contribution in [-0.4, -0.2) is 12.6 Å². The lowest BCUT2D eigenvalue weighted by Crippen LogP contribution is -2.00. The minimum atomic E-state index is -0.443. The van der Waals surface area contributed by atoms with E-state index in [1.165, 1.54) is 6.08 Å². The molecule has 0 heterocycles. The topological polar surface area (TPSA) is 35.5 Å². The van der Waals surface area contributed by atoms with E-state index in [-0.39, 0.29) is 0 Å². The van der Waals surface area contributed by atoms with Gasteiger partial charge in [-0.3, -0.25) is 0 Å². The molecule has 0 saturated heterocycles. The van der Waals surface area contributed by atoms with Crippen LogP contribution in [-0.2, 0) is 16.1 Å². The van der Waals surface area contributed by atoms with Crippen molar-refractivity contribution in [1.29, 1.82) is 0 Å². The lowest BCUT2D eigenvalue weighted by atomic mass is 10.1. The fourth-order valence-electron chi connectivity index (χ4n) is 2.10. The third kappa shape index (κ3) is 5.15. The Morgan fingerprint density at radius 3 is 2.57 bits per heavy atom. The summed E-state index contributed by atoms with van der Waals surface area (Å²) in [6.07, 6.45) is 1.29. The first-order valence-electron chi connectivity index (χ1n) is 7.42. The van der Waals surface area contributed by atoms with Crippen molar-refractivity contribution >= 4 is 22.6 Å². The van der Waals surface area contributed by atoms with Crippen LogP contribution >= 0.6 is 11.6 Å². The highest BCUT2D eigenvalue weighted by atomic mass is 35.5. The number of esters is 1. The molecule has 0 bridgehead atoms. The van der Waals surface area contributed by atoms with Crippen LogP contribution in [0.25, 0.3) is 5.03 Å². The van der Waals surface area contributed by atoms with Crippen LogP contribution < -0.4 is 4.74 Å². The Labute approximate surface area is 141 Å². The summed E-state index contributed by atoms with van der Waals surface area (Å²) >= 11 is 6.19. The molecule has 0 fully saturated rings. The van der Waals surface area contributed by atoms with Gasteiger partial charge in [0.1, 0.15) is 12.4 Å². The van der Waals surface area contributed by atoms with Gasteiger partial charge >= 0.3 is 5.97 Å². The van der Waals surface area contributed by atoms with Gasteiger partial charge in [-0.25, -0.2) is 4.79 Å². The van der Waals surface area contributed by atoms with Gasteiger partial charge in [0, 0.05) is 6.08 Å². The molecular weight excluding hydrogens is 312 g/mol. The van der Waals surface area contributed by atoms with Crippen LogP contribution in [0.5, 0.6) is 5.75 Å². The second-order valence-corrected chi connectivity index (χ2v) is 5.40. The van der Waals surface area contributed by atoms with Crippen molar-refractivity contribution in [3.8, 4) is 5.75 Å². The molecular formula is C19H19ClO3. The molecule has 0 atom stereocenters. The van der Waals surface area contributed by atoms with Crippen LogP contribution in [0.3, 0.4) is 0 Å². The lowest BCUT2D eigenvalue weighted by molar-refractivity contribution is -0.137. The summed E-state index contributed by atoms with van der Waals surface area (Å²) < 4.78 is 10.6. The van der Waals surface area contributed by atoms with E-state index in [9.17, 15) is 4.79 Å². The van der Waals surface area contributed by atoms with Crippen molar-refractivity contribution in [3.05, 3.63) is 71.3 Å². The second-order valence-electron chi connectivity index (χ2n) is 5.00. The summed E-state index contributed by atoms with van der Waals surface area (Å²) in [7, 11) is 0. The molecule has 4 heteroatoms. The predicted octanol–water partition coefficient (Wildman–Crippen LogP) is 4.72. The van der Waals surface area contributed by atoms with Crippen molar-refractivity contribution in [1.82, 2.24) is 0 Å². The van der Waals surface area contributed by atoms with Gasteiger partial charge in [0.15, 0.2) is 0 Å². The van der Waals surface area contributed by atoms with E-state index in [1.54, 1.807) is 6.92 Å². The smallest absolute Gasteiger partial charge is 0.332 e. The van der Waals surface area contributed by atoms with E-state index in [0.29, 0.717) is 18.2 Å². The Morgan fingerprint density at radius 1 is 1.17 bits per heavy atom. The van der Waals surface area contributed by atoms with Gasteiger partial charge in [0.05, 0.1) is 11.6 Å². The monoisotopic (exact) mass is 330 g/mol. The molecule has 2 aromatic rings. The third-order valence-corrected chi connectivity index (χ3v) is 3.55. The summed E-state index contributed by atoms with van der Waals surface area (Å²) in [6.45, 7) is 4.51. The molecule has 0 unspecified atom stereocenters. The minimum Gasteiger partial charge on any atom is -0.489 e. The molecule has 0 aromatic heterocycles. The Balaban J connectivity index is 2.07. The minimum absolute atomic E-state index is 0.324. The van der Waals surface area contributed by atoms with Gasteiger partial charge in [-0.15, -0.1) is 0 Å². The number of benzene rings is 2. The Morgan fingerprint density at radius 2 is 1.91 bits per heavy atom. The normalized spacial score (nSPS) is 11.2. The number of carbonyl (C=O) groups is 1. The second kappa shape index (κ2) is 8.39. The SMILES string of the molecule is CCOC(=O)/C=C(\Cl)c1ccc(OCc2ccccc2)cc1C. The fourth-order valence-corrected chi connectivity index (χ4v) is 2.40. The van der Waals surface area contributed by atoms with E-state index in [4.69, 9.17) is 21.1 Å². The number of ether oxygens (including phenoxy) is 2. The molecule has 2 rings (SSSR count). The molecule has 0 aliphatic rings. The maximum absolute atomic E-state index is 11.5. The van der Waals surface area contributed by atoms with Gasteiger partial charge in [-0.1, -0.05) is 41.9 Å². The highest BCUT2D eigenvalue weighted by Gasteiger charge is 2.07. The zero-order valence-electron chi connectivity index (χ0n) is 13.2. The van der Waals surface area contributed by atoms with Crippen LogP contribution in [0.2, 0.25) is 0 Å². The molecule has 0 amide bonds. The zero-order chi connectivity index (χ0) is 16.7. The van der Waals surface area contributed by atoms with E-state index in [1.807, 2.05) is 55.5 Å². The summed E-state index contributed by atoms with van der Waals surface area (Å²) in [6, 6.07) is 15.5. The Bertz CT molecular complexity index is 693. The van der Waals surface area contributed by atoms with Gasteiger partial charge in [-0.05, 0) is 48.7 Å². The van der Waals surface area contributed by atoms with Crippen molar-refractivity contribution in [2.24, 2.45) is 0 Å². The maximum Gasteiger partial charge on any atom is 0.332 e. The molecule has 120 valence electrons. The first-order valence-corrected chi connectivity index (χ1v) is 7.79. The number of carbonyl (C=O) groups excluding carboxylic acids is 1. The Kier molecular flexibility index (Phi) is 6.24. The van der Waals surface area contributed by atoms with Crippen LogP contribution in [0.4, 0.5) is 0 Å². The van der Waals surface area contributed by atoms with Crippen molar-refractivity contribution < 1.29 is 14.3 Å². The quantitative estimate of drug-likeness (QED) is 0.568. The summed E-state index contributed by atoms with van der Waals surface area (Å²) in [5.74, 6) is 0.317. The maximum atomic E-state index is 11.5. The number of aryl methyl sites for hydroxylation is 1. The molecule has 0 aliphatic carbocycles. The van der Waals surface area contributed by atoms with Crippen molar-refractivity contribution in [2.45, 2.75) is 20.5 Å². The van der Waals surface area contributed by atoms with E-state index in [0.717, 1.165) is 22.4 Å². The fraction of sp³-hybridized carbons (Fsp3) is 0.211. The number of halogens is 1. The van der Waals surface area contributed by atoms with Gasteiger partial charge in [0.2, 0.25) is 0 Å². The summed E-state index contributed by atoms with van der Waals surface area (Å²) in [5.41, 5.74) is 2.82. The third-order valence-electron chi connectivity index (χ3n) is 3.23. The average molecular weight is 331 g/mol. The summed E-state index contributed by atoms with van der Waals surface area (Å²) in [4.78, 5) is 11.5. The molecule has 0 aliphatic heterocycles. The highest BCUT2D eigenvalue weighted by molar-refractivity contribution is 6.50. The van der Waals surface area contributed by atoms with E-state index < -0.39 is 5.97 Å². The van der Waals surface area contributed by atoms with Crippen molar-refractivity contribution in [3.63, 3.8) is 0 Å². The van der Waals surface area contributed by atoms with Crippen molar-refractivity contribution in [2.75, 3.05) is 6.61 Å². The molecule has 0 radical (unpaired) electrons. The highest BCUT2D eigenvalue weighted by Crippen LogP contribution is 2.26. The number of hydrogen-bond donors (Lipinski definition) is 0. The molecule has 0 saturated carbocycles. The molecule has 2 aromatic carbocycles. The first kappa shape index (κ1) is 17.1. The Hall–Kier alpha value is -2.26.